The van der Waals surface area contributed by atoms with Crippen molar-refractivity contribution in [2.75, 3.05) is 38.7 Å². The molecule has 1 amide bonds. The van der Waals surface area contributed by atoms with Crippen molar-refractivity contribution in [3.8, 4) is 11.5 Å². The van der Waals surface area contributed by atoms with Crippen molar-refractivity contribution >= 4 is 53.0 Å². The van der Waals surface area contributed by atoms with Crippen molar-refractivity contribution in [1.29, 1.82) is 0 Å². The second-order valence-electron chi connectivity index (χ2n) is 10.1. The number of aliphatic hydroxyl groups is 1. The number of halogens is 1. The zero-order valence-corrected chi connectivity index (χ0v) is 25.7. The van der Waals surface area contributed by atoms with Gasteiger partial charge in [0, 0.05) is 12.6 Å². The minimum absolute atomic E-state index is 0.0568. The molecule has 2 aromatic heterocycles. The van der Waals surface area contributed by atoms with Crippen LogP contribution in [-0.2, 0) is 11.3 Å². The number of nitrogens with one attached hydrogen (secondary N) is 1. The molecule has 2 aromatic carbocycles. The van der Waals surface area contributed by atoms with Crippen LogP contribution in [0.4, 0.5) is 15.9 Å². The molecule has 1 unspecified atom stereocenters. The van der Waals surface area contributed by atoms with Crippen LogP contribution in [0.3, 0.4) is 0 Å². The van der Waals surface area contributed by atoms with Crippen molar-refractivity contribution in [3.05, 3.63) is 60.4 Å². The first kappa shape index (κ1) is 30.4. The van der Waals surface area contributed by atoms with E-state index >= 15 is 0 Å². The molecular formula is C29H33AsFN7O5. The van der Waals surface area contributed by atoms with E-state index in [9.17, 15) is 19.1 Å². The number of hydrogen-bond donors (Lipinski definition) is 3. The van der Waals surface area contributed by atoms with Crippen molar-refractivity contribution in [3.63, 3.8) is 0 Å². The van der Waals surface area contributed by atoms with Gasteiger partial charge in [0.1, 0.15) is 0 Å². The number of aromatic nitrogens is 4. The number of nitrogens with zero attached hydrogens (tertiary/aromatic N) is 5. The average Bonchev–Trinajstić information content (AvgIpc) is 3.61. The van der Waals surface area contributed by atoms with E-state index in [-0.39, 0.29) is 35.1 Å². The van der Waals surface area contributed by atoms with Crippen molar-refractivity contribution < 1.29 is 28.6 Å². The van der Waals surface area contributed by atoms with Gasteiger partial charge >= 0.3 is 193 Å². The molecule has 14 heteroatoms. The molecule has 1 saturated heterocycles. The standard InChI is InChI=1S/C29H33AsFN7O5/c1-42-24-12-21-22(13-25(24)43-10-4-9-37-8-3-7-20(37)16-39)33-17-34-29(21)35-23-14-38(36-27(23)28(32)41)15-26(40)30-18-5-2-6-19(31)11-18/h2,5-6,11-14,17,20,30,39H,3-4,7-10,15-16H2,1H3,(H2,32,41)(H,33,34,35)/t20-/m0/s1. The summed E-state index contributed by atoms with van der Waals surface area (Å²) in [5.41, 5.74) is 6.38. The number of ether oxygens (including phenoxy) is 2. The van der Waals surface area contributed by atoms with Crippen LogP contribution in [0.1, 0.15) is 29.8 Å². The fourth-order valence-corrected chi connectivity index (χ4v) is 7.10. The average molecular weight is 654 g/mol. The Balaban J connectivity index is 1.30. The predicted molar refractivity (Wildman–Crippen MR) is 160 cm³/mol. The molecule has 4 aromatic rings. The quantitative estimate of drug-likeness (QED) is 0.134. The Hall–Kier alpha value is -4.06. The van der Waals surface area contributed by atoms with E-state index in [1.54, 1.807) is 31.4 Å². The number of methoxy groups -OCH3 is 1. The van der Waals surface area contributed by atoms with Gasteiger partial charge in [0.25, 0.3) is 0 Å². The Morgan fingerprint density at radius 2 is 2.09 bits per heavy atom. The summed E-state index contributed by atoms with van der Waals surface area (Å²) >= 11 is -1.28. The van der Waals surface area contributed by atoms with Crippen LogP contribution in [0.15, 0.2) is 48.9 Å². The fourth-order valence-electron chi connectivity index (χ4n) is 5.10. The molecule has 12 nitrogen and oxygen atoms in total. The van der Waals surface area contributed by atoms with Crippen LogP contribution in [0.5, 0.6) is 11.5 Å². The molecular weight excluding hydrogens is 620 g/mol. The normalized spacial score (nSPS) is 15.4. The van der Waals surface area contributed by atoms with Gasteiger partial charge in [-0.2, -0.15) is 0 Å². The second-order valence-corrected chi connectivity index (χ2v) is 13.0. The van der Waals surface area contributed by atoms with Crippen molar-refractivity contribution in [1.82, 2.24) is 24.6 Å². The zero-order chi connectivity index (χ0) is 30.3. The summed E-state index contributed by atoms with van der Waals surface area (Å²) in [4.78, 5) is 35.9. The molecule has 43 heavy (non-hydrogen) atoms. The Labute approximate surface area is 254 Å². The Morgan fingerprint density at radius 1 is 1.23 bits per heavy atom. The molecule has 226 valence electrons. The van der Waals surface area contributed by atoms with Gasteiger partial charge < -0.3 is 5.11 Å². The minimum Gasteiger partial charge on any atom is -0.395 e. The molecule has 0 radical (unpaired) electrons. The Bertz CT molecular complexity index is 1620. The van der Waals surface area contributed by atoms with Gasteiger partial charge in [-0.3, -0.25) is 4.90 Å². The van der Waals surface area contributed by atoms with Gasteiger partial charge in [0.05, 0.1) is 13.2 Å². The summed E-state index contributed by atoms with van der Waals surface area (Å²) in [7, 11) is 1.54. The Kier molecular flexibility index (Phi) is 9.85. The minimum atomic E-state index is -1.28. The van der Waals surface area contributed by atoms with Crippen LogP contribution >= 0.6 is 0 Å². The van der Waals surface area contributed by atoms with Gasteiger partial charge in [0.2, 0.25) is 0 Å². The summed E-state index contributed by atoms with van der Waals surface area (Å²) in [5, 5.41) is 17.5. The van der Waals surface area contributed by atoms with Gasteiger partial charge in [-0.1, -0.05) is 0 Å². The number of carbonyl (C=O) groups is 2. The van der Waals surface area contributed by atoms with Crippen LogP contribution in [0.2, 0.25) is 0 Å². The molecule has 1 fully saturated rings. The van der Waals surface area contributed by atoms with Crippen LogP contribution in [0.25, 0.3) is 10.9 Å². The molecule has 0 spiro atoms. The van der Waals surface area contributed by atoms with E-state index in [4.69, 9.17) is 15.2 Å². The number of fused-ring (bicyclic) bond motifs is 1. The summed E-state index contributed by atoms with van der Waals surface area (Å²) in [6.45, 7) is 2.38. The number of aliphatic hydroxyl groups excluding tert-OH is 1. The zero-order valence-electron chi connectivity index (χ0n) is 23.6. The van der Waals surface area contributed by atoms with E-state index in [1.807, 2.05) is 0 Å². The maximum absolute atomic E-state index is 13.5. The van der Waals surface area contributed by atoms with E-state index in [1.165, 1.54) is 29.3 Å². The first-order valence-electron chi connectivity index (χ1n) is 13.8. The molecule has 2 atom stereocenters. The maximum atomic E-state index is 13.5. The first-order chi connectivity index (χ1) is 20.8. The number of rotatable bonds is 14. The molecule has 0 bridgehead atoms. The van der Waals surface area contributed by atoms with Crippen LogP contribution in [0, 0.1) is 5.82 Å². The Morgan fingerprint density at radius 3 is 2.86 bits per heavy atom. The van der Waals surface area contributed by atoms with Crippen molar-refractivity contribution in [2.24, 2.45) is 5.73 Å². The molecule has 3 heterocycles. The second kappa shape index (κ2) is 13.9. The summed E-state index contributed by atoms with van der Waals surface area (Å²) < 4.78 is 27.1. The fraction of sp³-hybridized carbons (Fsp3) is 0.345. The number of amides is 1. The first-order valence-corrected chi connectivity index (χ1v) is 15.9. The molecule has 4 N–H and O–H groups in total. The number of likely N-dealkylation sites (tertiary alicyclic amines) is 1. The predicted octanol–water partition coefficient (Wildman–Crippen LogP) is 1.33. The number of benzene rings is 2. The van der Waals surface area contributed by atoms with E-state index in [0.29, 0.717) is 39.2 Å². The van der Waals surface area contributed by atoms with Crippen LogP contribution < -0.4 is 24.9 Å². The van der Waals surface area contributed by atoms with Gasteiger partial charge in [0.15, 0.2) is 0 Å². The molecule has 0 saturated carbocycles. The van der Waals surface area contributed by atoms with E-state index in [0.717, 1.165) is 32.4 Å². The molecule has 1 aliphatic heterocycles. The molecule has 1 aliphatic rings. The van der Waals surface area contributed by atoms with Gasteiger partial charge in [-0.25, -0.2) is 0 Å². The summed E-state index contributed by atoms with van der Waals surface area (Å²) in [6.07, 6.45) is 5.80. The summed E-state index contributed by atoms with van der Waals surface area (Å²) in [5.74, 6) is 0.225. The monoisotopic (exact) mass is 653 g/mol. The van der Waals surface area contributed by atoms with Gasteiger partial charge in [-0.15, -0.1) is 0 Å². The number of carbonyl (C=O) groups excluding carboxylic acids is 2. The third-order valence-corrected chi connectivity index (χ3v) is 9.31. The van der Waals surface area contributed by atoms with E-state index < -0.39 is 27.5 Å². The molecule has 0 aliphatic carbocycles. The smallest absolute Gasteiger partial charge is 0.395 e. The topological polar surface area (TPSA) is 158 Å². The van der Waals surface area contributed by atoms with Gasteiger partial charge in [-0.05, 0) is 25.8 Å². The number of primary amides is 1. The molecule has 5 rings (SSSR count). The van der Waals surface area contributed by atoms with Crippen molar-refractivity contribution in [2.45, 2.75) is 31.8 Å². The SMILES string of the molecule is COc1cc2c(Nc3cn(CC(=O)[AsH]c4cccc(F)c4)nc3C(N)=O)ncnc2cc1OCCCN1CCC[C@H]1CO. The number of nitrogens with two attached hydrogens (primary N) is 1. The number of hydrogen-bond acceptors (Lipinski definition) is 10. The number of anilines is 2. The van der Waals surface area contributed by atoms with E-state index in [2.05, 4.69) is 25.3 Å². The van der Waals surface area contributed by atoms with Crippen LogP contribution in [-0.4, -0.2) is 95.4 Å². The third-order valence-electron chi connectivity index (χ3n) is 7.14. The third kappa shape index (κ3) is 7.48. The summed E-state index contributed by atoms with van der Waals surface area (Å²) in [6, 6.07) is 9.71.